The first kappa shape index (κ1) is 26.6. The second-order valence-corrected chi connectivity index (χ2v) is 11.7. The average Bonchev–Trinajstić information content (AvgIpc) is 3.34. The molecule has 2 N–H and O–H groups in total. The van der Waals surface area contributed by atoms with Crippen molar-refractivity contribution in [1.29, 1.82) is 0 Å². The minimum Gasteiger partial charge on any atom is -0.377 e. The standard InChI is InChI=1S/C25H26ClN7O5S/c1-13-9-16(14(2)27-19-5-6-20(26)28-22(19)23(34)31-39(4,36)37)21-17(10-13)24(35)32(3)25(29-21)33-8-7-18-15(11-33)12-38-30-18/h5-6,9-10,12,14,27H,7-8,11H2,1-4H3,(H,31,34)/t14-/m1/s1. The quantitative estimate of drug-likeness (QED) is 0.330. The van der Waals surface area contributed by atoms with Gasteiger partial charge < -0.3 is 14.7 Å². The summed E-state index contributed by atoms with van der Waals surface area (Å²) >= 11 is 6.00. The van der Waals surface area contributed by atoms with Gasteiger partial charge in [-0.15, -0.1) is 0 Å². The van der Waals surface area contributed by atoms with Crippen molar-refractivity contribution >= 4 is 50.1 Å². The van der Waals surface area contributed by atoms with Crippen molar-refractivity contribution in [3.8, 4) is 0 Å². The maximum Gasteiger partial charge on any atom is 0.285 e. The SMILES string of the molecule is Cc1cc([C@@H](C)Nc2ccc(Cl)nc2C(=O)NS(C)(=O)=O)c2nc(N3CCc4nocc4C3)n(C)c(=O)c2c1. The van der Waals surface area contributed by atoms with Crippen LogP contribution in [0.25, 0.3) is 10.9 Å². The van der Waals surface area contributed by atoms with Crippen LogP contribution in [-0.2, 0) is 30.0 Å². The fourth-order valence-electron chi connectivity index (χ4n) is 4.72. The molecule has 1 aliphatic heterocycles. The molecule has 0 radical (unpaired) electrons. The summed E-state index contributed by atoms with van der Waals surface area (Å²) in [6.45, 7) is 4.87. The number of aryl methyl sites for hydroxylation is 1. The molecule has 1 aromatic carbocycles. The molecule has 0 saturated carbocycles. The van der Waals surface area contributed by atoms with Crippen LogP contribution in [0, 0.1) is 6.92 Å². The van der Waals surface area contributed by atoms with E-state index >= 15 is 0 Å². The predicted molar refractivity (Wildman–Crippen MR) is 147 cm³/mol. The number of rotatable bonds is 6. The van der Waals surface area contributed by atoms with Gasteiger partial charge in [-0.1, -0.05) is 22.8 Å². The van der Waals surface area contributed by atoms with Crippen molar-refractivity contribution in [2.75, 3.05) is 23.0 Å². The molecular weight excluding hydrogens is 546 g/mol. The number of hydrogen-bond donors (Lipinski definition) is 2. The predicted octanol–water partition coefficient (Wildman–Crippen LogP) is 2.70. The number of nitrogens with one attached hydrogen (secondary N) is 2. The van der Waals surface area contributed by atoms with Gasteiger partial charge in [-0.05, 0) is 37.6 Å². The molecule has 0 spiro atoms. The van der Waals surface area contributed by atoms with Gasteiger partial charge in [-0.25, -0.2) is 23.1 Å². The van der Waals surface area contributed by atoms with Gasteiger partial charge in [0.25, 0.3) is 11.5 Å². The third-order valence-electron chi connectivity index (χ3n) is 6.51. The van der Waals surface area contributed by atoms with Crippen LogP contribution in [0.1, 0.15) is 45.8 Å². The van der Waals surface area contributed by atoms with Gasteiger partial charge in [0.1, 0.15) is 11.4 Å². The largest absolute Gasteiger partial charge is 0.377 e. The Hall–Kier alpha value is -3.97. The number of anilines is 2. The number of amides is 1. The van der Waals surface area contributed by atoms with Gasteiger partial charge in [-0.3, -0.25) is 14.2 Å². The normalized spacial score (nSPS) is 14.2. The molecule has 1 aliphatic rings. The number of carbonyl (C=O) groups excluding carboxylic acids is 1. The summed E-state index contributed by atoms with van der Waals surface area (Å²) in [5.74, 6) is -0.408. The van der Waals surface area contributed by atoms with E-state index in [9.17, 15) is 18.0 Å². The van der Waals surface area contributed by atoms with E-state index in [2.05, 4.69) is 15.5 Å². The number of halogens is 1. The molecule has 3 aromatic heterocycles. The van der Waals surface area contributed by atoms with E-state index in [1.54, 1.807) is 30.0 Å². The Morgan fingerprint density at radius 1 is 1.23 bits per heavy atom. The molecule has 1 atom stereocenters. The molecular formula is C25H26ClN7O5S. The molecule has 5 rings (SSSR count). The fraction of sp³-hybridized carbons (Fsp3) is 0.320. The molecule has 0 saturated heterocycles. The number of pyridine rings is 1. The van der Waals surface area contributed by atoms with E-state index in [1.165, 1.54) is 6.07 Å². The average molecular weight is 572 g/mol. The Balaban J connectivity index is 1.57. The lowest BCUT2D eigenvalue weighted by molar-refractivity contribution is 0.0977. The van der Waals surface area contributed by atoms with E-state index in [-0.39, 0.29) is 22.1 Å². The highest BCUT2D eigenvalue weighted by atomic mass is 35.5. The highest BCUT2D eigenvalue weighted by molar-refractivity contribution is 7.89. The zero-order valence-electron chi connectivity index (χ0n) is 21.6. The van der Waals surface area contributed by atoms with Crippen molar-refractivity contribution in [3.63, 3.8) is 0 Å². The van der Waals surface area contributed by atoms with E-state index in [0.717, 1.165) is 28.6 Å². The van der Waals surface area contributed by atoms with Gasteiger partial charge in [0.05, 0.1) is 41.1 Å². The maximum atomic E-state index is 13.5. The Kier molecular flexibility index (Phi) is 6.81. The van der Waals surface area contributed by atoms with Crippen LogP contribution in [0.4, 0.5) is 11.6 Å². The zero-order valence-corrected chi connectivity index (χ0v) is 23.2. The van der Waals surface area contributed by atoms with Gasteiger partial charge in [-0.2, -0.15) is 0 Å². The lowest BCUT2D eigenvalue weighted by atomic mass is 10.0. The molecule has 1 amide bonds. The Morgan fingerprint density at radius 2 is 2.00 bits per heavy atom. The maximum absolute atomic E-state index is 13.5. The summed E-state index contributed by atoms with van der Waals surface area (Å²) in [5.41, 5.74) is 3.83. The number of hydrogen-bond acceptors (Lipinski definition) is 10. The summed E-state index contributed by atoms with van der Waals surface area (Å²) in [6, 6.07) is 6.30. The molecule has 4 heterocycles. The van der Waals surface area contributed by atoms with Crippen molar-refractivity contribution in [1.82, 2.24) is 24.4 Å². The lowest BCUT2D eigenvalue weighted by Gasteiger charge is -2.28. The van der Waals surface area contributed by atoms with Crippen molar-refractivity contribution in [3.05, 3.63) is 74.1 Å². The topological polar surface area (TPSA) is 152 Å². The smallest absolute Gasteiger partial charge is 0.285 e. The number of aromatic nitrogens is 4. The van der Waals surface area contributed by atoms with Crippen LogP contribution in [-0.4, -0.2) is 46.8 Å². The first-order valence-corrected chi connectivity index (χ1v) is 14.3. The highest BCUT2D eigenvalue weighted by Crippen LogP contribution is 2.30. The van der Waals surface area contributed by atoms with Gasteiger partial charge in [0.15, 0.2) is 5.69 Å². The summed E-state index contributed by atoms with van der Waals surface area (Å²) in [4.78, 5) is 37.2. The molecule has 0 fully saturated rings. The fourth-order valence-corrected chi connectivity index (χ4v) is 5.30. The molecule has 204 valence electrons. The van der Waals surface area contributed by atoms with Crippen LogP contribution >= 0.6 is 11.6 Å². The molecule has 0 bridgehead atoms. The monoisotopic (exact) mass is 571 g/mol. The minimum absolute atomic E-state index is 0.0279. The minimum atomic E-state index is -3.83. The second kappa shape index (κ2) is 9.97. The first-order valence-electron chi connectivity index (χ1n) is 12.0. The van der Waals surface area contributed by atoms with Crippen LogP contribution in [0.5, 0.6) is 0 Å². The number of carbonyl (C=O) groups is 1. The van der Waals surface area contributed by atoms with E-state index in [1.807, 2.05) is 29.5 Å². The van der Waals surface area contributed by atoms with Crippen LogP contribution in [0.2, 0.25) is 5.15 Å². The van der Waals surface area contributed by atoms with Crippen molar-refractivity contribution < 1.29 is 17.7 Å². The molecule has 39 heavy (non-hydrogen) atoms. The van der Waals surface area contributed by atoms with Crippen molar-refractivity contribution in [2.45, 2.75) is 32.9 Å². The Bertz CT molecular complexity index is 1780. The third kappa shape index (κ3) is 5.32. The van der Waals surface area contributed by atoms with E-state index in [4.69, 9.17) is 21.1 Å². The second-order valence-electron chi connectivity index (χ2n) is 9.58. The number of nitrogens with zero attached hydrogens (tertiary/aromatic N) is 5. The summed E-state index contributed by atoms with van der Waals surface area (Å²) in [5, 5.41) is 7.74. The first-order chi connectivity index (χ1) is 18.4. The molecule has 0 aliphatic carbocycles. The Labute approximate surface area is 229 Å². The molecule has 12 nitrogen and oxygen atoms in total. The van der Waals surface area contributed by atoms with E-state index < -0.39 is 22.0 Å². The summed E-state index contributed by atoms with van der Waals surface area (Å²) in [7, 11) is -2.13. The van der Waals surface area contributed by atoms with Gasteiger partial charge in [0.2, 0.25) is 16.0 Å². The van der Waals surface area contributed by atoms with Crippen LogP contribution in [0.3, 0.4) is 0 Å². The number of sulfonamides is 1. The van der Waals surface area contributed by atoms with Gasteiger partial charge >= 0.3 is 0 Å². The molecule has 0 unspecified atom stereocenters. The van der Waals surface area contributed by atoms with E-state index in [0.29, 0.717) is 36.4 Å². The molecule has 4 aromatic rings. The lowest BCUT2D eigenvalue weighted by Crippen LogP contribution is -2.36. The number of benzene rings is 1. The number of fused-ring (bicyclic) bond motifs is 2. The Morgan fingerprint density at radius 3 is 2.74 bits per heavy atom. The molecule has 14 heteroatoms. The zero-order chi connectivity index (χ0) is 28.1. The van der Waals surface area contributed by atoms with Gasteiger partial charge in [0, 0.05) is 31.1 Å². The van der Waals surface area contributed by atoms with Crippen LogP contribution in [0.15, 0.2) is 39.8 Å². The third-order valence-corrected chi connectivity index (χ3v) is 7.28. The summed E-state index contributed by atoms with van der Waals surface area (Å²) < 4.78 is 31.9. The van der Waals surface area contributed by atoms with Crippen LogP contribution < -0.4 is 20.5 Å². The summed E-state index contributed by atoms with van der Waals surface area (Å²) in [6.07, 6.45) is 3.15. The van der Waals surface area contributed by atoms with Crippen molar-refractivity contribution in [2.24, 2.45) is 7.05 Å². The highest BCUT2D eigenvalue weighted by Gasteiger charge is 2.25.